The number of fused-ring (bicyclic) bond motifs is 1. The molecule has 1 N–H and O–H groups in total. The molecular formula is C12H12FNO4S. The number of piperidine rings is 1. The van der Waals surface area contributed by atoms with Crippen LogP contribution in [-0.4, -0.2) is 35.9 Å². The molecule has 0 bridgehead atoms. The van der Waals surface area contributed by atoms with Gasteiger partial charge in [0.1, 0.15) is 11.9 Å². The van der Waals surface area contributed by atoms with Crippen molar-refractivity contribution in [2.45, 2.75) is 29.8 Å². The highest BCUT2D eigenvalue weighted by Gasteiger charge is 2.59. The fraction of sp³-hybridized carbons (Fsp3) is 0.417. The normalized spacial score (nSPS) is 30.1. The van der Waals surface area contributed by atoms with Crippen molar-refractivity contribution in [3.63, 3.8) is 0 Å². The minimum Gasteiger partial charge on any atom is -0.480 e. The molecule has 1 aromatic rings. The molecule has 3 rings (SSSR count). The van der Waals surface area contributed by atoms with Crippen LogP contribution in [0.1, 0.15) is 12.8 Å². The zero-order chi connectivity index (χ0) is 13.8. The van der Waals surface area contributed by atoms with E-state index in [1.54, 1.807) is 0 Å². The average molecular weight is 285 g/mol. The molecule has 1 aliphatic carbocycles. The van der Waals surface area contributed by atoms with Crippen molar-refractivity contribution in [2.75, 3.05) is 0 Å². The third-order valence-electron chi connectivity index (χ3n) is 3.72. The highest BCUT2D eigenvalue weighted by molar-refractivity contribution is 7.89. The second-order valence-corrected chi connectivity index (χ2v) is 6.78. The lowest BCUT2D eigenvalue weighted by atomic mass is 10.2. The monoisotopic (exact) mass is 285 g/mol. The summed E-state index contributed by atoms with van der Waals surface area (Å²) in [7, 11) is -3.87. The van der Waals surface area contributed by atoms with Crippen molar-refractivity contribution in [3.8, 4) is 0 Å². The Morgan fingerprint density at radius 2 is 1.89 bits per heavy atom. The summed E-state index contributed by atoms with van der Waals surface area (Å²) >= 11 is 0. The van der Waals surface area contributed by atoms with E-state index in [2.05, 4.69) is 0 Å². The molecule has 19 heavy (non-hydrogen) atoms. The van der Waals surface area contributed by atoms with E-state index in [0.29, 0.717) is 12.8 Å². The van der Waals surface area contributed by atoms with E-state index in [-0.39, 0.29) is 16.9 Å². The van der Waals surface area contributed by atoms with Gasteiger partial charge in [-0.25, -0.2) is 12.8 Å². The third kappa shape index (κ3) is 1.93. The molecule has 0 unspecified atom stereocenters. The van der Waals surface area contributed by atoms with Crippen molar-refractivity contribution in [1.29, 1.82) is 0 Å². The topological polar surface area (TPSA) is 74.7 Å². The molecule has 3 atom stereocenters. The lowest BCUT2D eigenvalue weighted by Gasteiger charge is -2.23. The molecule has 0 aromatic heterocycles. The number of carboxylic acids is 1. The van der Waals surface area contributed by atoms with Crippen LogP contribution < -0.4 is 0 Å². The van der Waals surface area contributed by atoms with Crippen LogP contribution in [0.15, 0.2) is 29.2 Å². The zero-order valence-electron chi connectivity index (χ0n) is 9.86. The molecular weight excluding hydrogens is 273 g/mol. The smallest absolute Gasteiger partial charge is 0.322 e. The van der Waals surface area contributed by atoms with E-state index in [1.807, 2.05) is 0 Å². The second kappa shape index (κ2) is 4.01. The van der Waals surface area contributed by atoms with E-state index < -0.39 is 27.9 Å². The number of benzene rings is 1. The number of halogens is 1. The van der Waals surface area contributed by atoms with Gasteiger partial charge < -0.3 is 5.11 Å². The molecule has 2 fully saturated rings. The van der Waals surface area contributed by atoms with Gasteiger partial charge in [-0.3, -0.25) is 4.79 Å². The molecule has 0 amide bonds. The number of nitrogens with zero attached hydrogens (tertiary/aromatic N) is 1. The largest absolute Gasteiger partial charge is 0.480 e. The van der Waals surface area contributed by atoms with Crippen molar-refractivity contribution < 1.29 is 22.7 Å². The molecule has 102 valence electrons. The van der Waals surface area contributed by atoms with E-state index in [0.717, 1.165) is 16.4 Å². The maximum Gasteiger partial charge on any atom is 0.322 e. The molecule has 1 saturated heterocycles. The molecule has 0 radical (unpaired) electrons. The van der Waals surface area contributed by atoms with Gasteiger partial charge >= 0.3 is 5.97 Å². The summed E-state index contributed by atoms with van der Waals surface area (Å²) in [6.45, 7) is 0. The Hall–Kier alpha value is -1.47. The highest BCUT2D eigenvalue weighted by atomic mass is 32.2. The number of carbonyl (C=O) groups is 1. The second-order valence-electron chi connectivity index (χ2n) is 4.94. The number of sulfonamides is 1. The van der Waals surface area contributed by atoms with Gasteiger partial charge in [0, 0.05) is 6.04 Å². The van der Waals surface area contributed by atoms with Gasteiger partial charge in [0.05, 0.1) is 4.90 Å². The lowest BCUT2D eigenvalue weighted by Crippen LogP contribution is -2.42. The minimum atomic E-state index is -3.87. The summed E-state index contributed by atoms with van der Waals surface area (Å²) in [6.07, 6.45) is 1.07. The molecule has 1 saturated carbocycles. The summed E-state index contributed by atoms with van der Waals surface area (Å²) in [5.41, 5.74) is 0. The van der Waals surface area contributed by atoms with Crippen molar-refractivity contribution in [1.82, 2.24) is 4.31 Å². The first-order chi connectivity index (χ1) is 8.91. The minimum absolute atomic E-state index is 0.0623. The summed E-state index contributed by atoms with van der Waals surface area (Å²) in [5, 5.41) is 9.11. The Bertz CT molecular complexity index is 628. The van der Waals surface area contributed by atoms with Gasteiger partial charge in [-0.1, -0.05) is 0 Å². The summed E-state index contributed by atoms with van der Waals surface area (Å²) in [6, 6.07) is 3.24. The van der Waals surface area contributed by atoms with Gasteiger partial charge in [-0.2, -0.15) is 4.31 Å². The first kappa shape index (κ1) is 12.6. The predicted octanol–water partition coefficient (Wildman–Crippen LogP) is 1.06. The van der Waals surface area contributed by atoms with Crippen molar-refractivity contribution in [3.05, 3.63) is 30.1 Å². The molecule has 1 heterocycles. The van der Waals surface area contributed by atoms with E-state index in [1.165, 1.54) is 12.1 Å². The van der Waals surface area contributed by atoms with Crippen LogP contribution in [0, 0.1) is 11.7 Å². The Morgan fingerprint density at radius 1 is 1.26 bits per heavy atom. The predicted molar refractivity (Wildman–Crippen MR) is 63.4 cm³/mol. The number of hydrogen-bond acceptors (Lipinski definition) is 3. The SMILES string of the molecule is O=C(O)[C@@H]1C[C@@H]2C[C@@H]2N1S(=O)(=O)c1ccc(F)cc1. The fourth-order valence-corrected chi connectivity index (χ4v) is 4.55. The molecule has 0 spiro atoms. The van der Waals surface area contributed by atoms with Gasteiger partial charge in [0.2, 0.25) is 10.0 Å². The number of hydrogen-bond donors (Lipinski definition) is 1. The Labute approximate surface area is 109 Å². The molecule has 1 aromatic carbocycles. The highest BCUT2D eigenvalue weighted by Crippen LogP contribution is 2.50. The van der Waals surface area contributed by atoms with Gasteiger partial charge in [-0.05, 0) is 43.0 Å². The van der Waals surface area contributed by atoms with Crippen LogP contribution >= 0.6 is 0 Å². The van der Waals surface area contributed by atoms with E-state index in [9.17, 15) is 17.6 Å². The number of rotatable bonds is 3. The van der Waals surface area contributed by atoms with Crippen molar-refractivity contribution in [2.24, 2.45) is 5.92 Å². The maximum atomic E-state index is 12.8. The molecule has 7 heteroatoms. The van der Waals surface area contributed by atoms with E-state index in [4.69, 9.17) is 5.11 Å². The average Bonchev–Trinajstić information content (AvgIpc) is 2.99. The number of carboxylic acid groups (broad SMARTS) is 1. The maximum absolute atomic E-state index is 12.8. The van der Waals surface area contributed by atoms with E-state index >= 15 is 0 Å². The van der Waals surface area contributed by atoms with Crippen LogP contribution in [0.25, 0.3) is 0 Å². The quantitative estimate of drug-likeness (QED) is 0.901. The standard InChI is InChI=1S/C12H12FNO4S/c13-8-1-3-9(4-2-8)19(17,18)14-10-5-7(10)6-11(14)12(15)16/h1-4,7,10-11H,5-6H2,(H,15,16)/t7-,10-,11-/m0/s1. The van der Waals surface area contributed by atoms with Gasteiger partial charge in [0.25, 0.3) is 0 Å². The Kier molecular flexibility index (Phi) is 2.65. The fourth-order valence-electron chi connectivity index (χ4n) is 2.70. The van der Waals surface area contributed by atoms with Crippen LogP contribution in [-0.2, 0) is 14.8 Å². The summed E-state index contributed by atoms with van der Waals surface area (Å²) in [5.74, 6) is -1.51. The summed E-state index contributed by atoms with van der Waals surface area (Å²) in [4.78, 5) is 11.1. The molecule has 2 aliphatic rings. The van der Waals surface area contributed by atoms with Gasteiger partial charge in [0.15, 0.2) is 0 Å². The van der Waals surface area contributed by atoms with Crippen molar-refractivity contribution >= 4 is 16.0 Å². The molecule has 5 nitrogen and oxygen atoms in total. The van der Waals surface area contributed by atoms with Crippen LogP contribution in [0.3, 0.4) is 0 Å². The van der Waals surface area contributed by atoms with Crippen LogP contribution in [0.5, 0.6) is 0 Å². The van der Waals surface area contributed by atoms with Gasteiger partial charge in [-0.15, -0.1) is 0 Å². The Morgan fingerprint density at radius 3 is 2.47 bits per heavy atom. The third-order valence-corrected chi connectivity index (χ3v) is 5.67. The first-order valence-electron chi connectivity index (χ1n) is 5.93. The first-order valence-corrected chi connectivity index (χ1v) is 7.37. The molecule has 1 aliphatic heterocycles. The zero-order valence-corrected chi connectivity index (χ0v) is 10.7. The lowest BCUT2D eigenvalue weighted by molar-refractivity contribution is -0.141. The van der Waals surface area contributed by atoms with Crippen LogP contribution in [0.2, 0.25) is 0 Å². The summed E-state index contributed by atoms with van der Waals surface area (Å²) < 4.78 is 38.8. The Balaban J connectivity index is 1.99. The number of aliphatic carboxylic acids is 1. The van der Waals surface area contributed by atoms with Crippen LogP contribution in [0.4, 0.5) is 4.39 Å².